The standard InChI is InChI=1S/C23H30ClN3O3/c1-16(2)8-11-30-22-19(24)12-18(13-20(22)29-3)23(28)26-15-17-6-7-21(25-14-17)27-9-4-5-10-27/h6-7,12-14,16H,4-5,8-11,15H2,1-3H3,(H,26,28). The zero-order chi connectivity index (χ0) is 21.5. The third-order valence-electron chi connectivity index (χ3n) is 5.13. The predicted octanol–water partition coefficient (Wildman–Crippen LogP) is 4.70. The highest BCUT2D eigenvalue weighted by Gasteiger charge is 2.17. The summed E-state index contributed by atoms with van der Waals surface area (Å²) in [5, 5.41) is 3.27. The van der Waals surface area contributed by atoms with E-state index in [1.165, 1.54) is 20.0 Å². The molecular weight excluding hydrogens is 402 g/mol. The molecule has 1 amide bonds. The summed E-state index contributed by atoms with van der Waals surface area (Å²) in [4.78, 5) is 19.4. The molecule has 1 aliphatic heterocycles. The Bertz CT molecular complexity index is 850. The molecule has 1 fully saturated rings. The molecule has 0 atom stereocenters. The van der Waals surface area contributed by atoms with Gasteiger partial charge in [0.2, 0.25) is 0 Å². The van der Waals surface area contributed by atoms with Gasteiger partial charge in [0.25, 0.3) is 5.91 Å². The molecule has 1 saturated heterocycles. The number of nitrogens with zero attached hydrogens (tertiary/aromatic N) is 2. The smallest absolute Gasteiger partial charge is 0.251 e. The first-order valence-corrected chi connectivity index (χ1v) is 10.8. The normalized spacial score (nSPS) is 13.6. The lowest BCUT2D eigenvalue weighted by Gasteiger charge is -2.16. The van der Waals surface area contributed by atoms with Crippen molar-refractivity contribution in [1.29, 1.82) is 0 Å². The molecule has 30 heavy (non-hydrogen) atoms. The Morgan fingerprint density at radius 3 is 2.67 bits per heavy atom. The van der Waals surface area contributed by atoms with Gasteiger partial charge >= 0.3 is 0 Å². The first-order valence-electron chi connectivity index (χ1n) is 10.5. The number of nitrogens with one attached hydrogen (secondary N) is 1. The largest absolute Gasteiger partial charge is 0.493 e. The van der Waals surface area contributed by atoms with Crippen LogP contribution in [0.15, 0.2) is 30.5 Å². The predicted molar refractivity (Wildman–Crippen MR) is 120 cm³/mol. The number of methoxy groups -OCH3 is 1. The number of carbonyl (C=O) groups excluding carboxylic acids is 1. The van der Waals surface area contributed by atoms with E-state index in [9.17, 15) is 4.79 Å². The number of hydrogen-bond acceptors (Lipinski definition) is 5. The van der Waals surface area contributed by atoms with Crippen molar-refractivity contribution in [2.75, 3.05) is 31.7 Å². The van der Waals surface area contributed by atoms with Gasteiger partial charge in [0.05, 0.1) is 18.7 Å². The summed E-state index contributed by atoms with van der Waals surface area (Å²) in [6.45, 7) is 7.31. The summed E-state index contributed by atoms with van der Waals surface area (Å²) in [6.07, 6.45) is 5.15. The minimum absolute atomic E-state index is 0.229. The van der Waals surface area contributed by atoms with Crippen LogP contribution < -0.4 is 19.7 Å². The minimum Gasteiger partial charge on any atom is -0.493 e. The molecular formula is C23H30ClN3O3. The lowest BCUT2D eigenvalue weighted by Crippen LogP contribution is -2.23. The van der Waals surface area contributed by atoms with E-state index in [0.29, 0.717) is 41.2 Å². The van der Waals surface area contributed by atoms with E-state index >= 15 is 0 Å². The highest BCUT2D eigenvalue weighted by Crippen LogP contribution is 2.36. The topological polar surface area (TPSA) is 63.7 Å². The van der Waals surface area contributed by atoms with Crippen LogP contribution in [0.2, 0.25) is 5.02 Å². The second-order valence-corrected chi connectivity index (χ2v) is 8.33. The molecule has 1 aromatic carbocycles. The summed E-state index contributed by atoms with van der Waals surface area (Å²) in [6, 6.07) is 7.27. The Morgan fingerprint density at radius 2 is 2.03 bits per heavy atom. The molecule has 162 valence electrons. The molecule has 3 rings (SSSR count). The van der Waals surface area contributed by atoms with Gasteiger partial charge < -0.3 is 19.7 Å². The van der Waals surface area contributed by atoms with E-state index < -0.39 is 0 Å². The van der Waals surface area contributed by atoms with Crippen molar-refractivity contribution in [2.24, 2.45) is 5.92 Å². The van der Waals surface area contributed by atoms with E-state index in [1.807, 2.05) is 18.3 Å². The number of ether oxygens (including phenoxy) is 2. The Labute approximate surface area is 183 Å². The Balaban J connectivity index is 1.61. The van der Waals surface area contributed by atoms with Gasteiger partial charge in [-0.2, -0.15) is 0 Å². The van der Waals surface area contributed by atoms with Gasteiger partial charge in [-0.1, -0.05) is 31.5 Å². The van der Waals surface area contributed by atoms with Crippen LogP contribution in [0, 0.1) is 5.92 Å². The van der Waals surface area contributed by atoms with Crippen molar-refractivity contribution < 1.29 is 14.3 Å². The number of rotatable bonds is 9. The SMILES string of the molecule is COc1cc(C(=O)NCc2ccc(N3CCCC3)nc2)cc(Cl)c1OCCC(C)C. The number of pyridine rings is 1. The monoisotopic (exact) mass is 431 g/mol. The fourth-order valence-electron chi connectivity index (χ4n) is 3.33. The molecule has 0 radical (unpaired) electrons. The molecule has 7 heteroatoms. The maximum absolute atomic E-state index is 12.6. The molecule has 1 N–H and O–H groups in total. The van der Waals surface area contributed by atoms with Gasteiger partial charge in [-0.3, -0.25) is 4.79 Å². The van der Waals surface area contributed by atoms with Gasteiger partial charge in [-0.25, -0.2) is 4.98 Å². The van der Waals surface area contributed by atoms with Crippen LogP contribution in [-0.2, 0) is 6.54 Å². The van der Waals surface area contributed by atoms with Crippen LogP contribution in [0.4, 0.5) is 5.82 Å². The molecule has 0 aliphatic carbocycles. The molecule has 2 heterocycles. The number of amides is 1. The van der Waals surface area contributed by atoms with E-state index in [0.717, 1.165) is 30.9 Å². The zero-order valence-electron chi connectivity index (χ0n) is 17.9. The van der Waals surface area contributed by atoms with Gasteiger partial charge in [-0.05, 0) is 48.9 Å². The van der Waals surface area contributed by atoms with Crippen molar-refractivity contribution in [3.05, 3.63) is 46.6 Å². The fraction of sp³-hybridized carbons (Fsp3) is 0.478. The summed E-state index contributed by atoms with van der Waals surface area (Å²) < 4.78 is 11.2. The highest BCUT2D eigenvalue weighted by atomic mass is 35.5. The van der Waals surface area contributed by atoms with Gasteiger partial charge in [-0.15, -0.1) is 0 Å². The first-order chi connectivity index (χ1) is 14.5. The van der Waals surface area contributed by atoms with Crippen LogP contribution in [0.3, 0.4) is 0 Å². The van der Waals surface area contributed by atoms with Crippen LogP contribution in [0.5, 0.6) is 11.5 Å². The quantitative estimate of drug-likeness (QED) is 0.623. The number of aromatic nitrogens is 1. The Morgan fingerprint density at radius 1 is 1.27 bits per heavy atom. The summed E-state index contributed by atoms with van der Waals surface area (Å²) >= 11 is 6.37. The summed E-state index contributed by atoms with van der Waals surface area (Å²) in [7, 11) is 1.54. The average molecular weight is 432 g/mol. The molecule has 2 aromatic rings. The van der Waals surface area contributed by atoms with E-state index in [4.69, 9.17) is 21.1 Å². The van der Waals surface area contributed by atoms with Gasteiger partial charge in [0.15, 0.2) is 11.5 Å². The maximum atomic E-state index is 12.6. The highest BCUT2D eigenvalue weighted by molar-refractivity contribution is 6.32. The maximum Gasteiger partial charge on any atom is 0.251 e. The second-order valence-electron chi connectivity index (χ2n) is 7.92. The average Bonchev–Trinajstić information content (AvgIpc) is 3.28. The fourth-order valence-corrected chi connectivity index (χ4v) is 3.59. The Kier molecular flexibility index (Phi) is 7.80. The number of carbonyl (C=O) groups is 1. The van der Waals surface area contributed by atoms with Gasteiger partial charge in [0.1, 0.15) is 5.82 Å². The third-order valence-corrected chi connectivity index (χ3v) is 5.41. The van der Waals surface area contributed by atoms with Crippen LogP contribution in [0.25, 0.3) is 0 Å². The molecule has 6 nitrogen and oxygen atoms in total. The summed E-state index contributed by atoms with van der Waals surface area (Å²) in [5.41, 5.74) is 1.37. The number of halogens is 1. The van der Waals surface area contributed by atoms with Crippen LogP contribution >= 0.6 is 11.6 Å². The number of hydrogen-bond donors (Lipinski definition) is 1. The third kappa shape index (κ3) is 5.79. The van der Waals surface area contributed by atoms with Gasteiger partial charge in [0, 0.05) is 31.4 Å². The molecule has 1 aromatic heterocycles. The van der Waals surface area contributed by atoms with Crippen LogP contribution in [0.1, 0.15) is 49.0 Å². The first kappa shape index (κ1) is 22.2. The van der Waals surface area contributed by atoms with Crippen LogP contribution in [-0.4, -0.2) is 37.7 Å². The molecule has 1 aliphatic rings. The van der Waals surface area contributed by atoms with E-state index in [1.54, 1.807) is 12.1 Å². The lowest BCUT2D eigenvalue weighted by atomic mass is 10.1. The van der Waals surface area contributed by atoms with Crippen molar-refractivity contribution in [3.8, 4) is 11.5 Å². The van der Waals surface area contributed by atoms with Crippen molar-refractivity contribution in [2.45, 2.75) is 39.7 Å². The molecule has 0 spiro atoms. The minimum atomic E-state index is -0.229. The van der Waals surface area contributed by atoms with E-state index in [-0.39, 0.29) is 5.91 Å². The molecule has 0 saturated carbocycles. The van der Waals surface area contributed by atoms with Crippen molar-refractivity contribution >= 4 is 23.3 Å². The second kappa shape index (κ2) is 10.5. The lowest BCUT2D eigenvalue weighted by molar-refractivity contribution is 0.0950. The zero-order valence-corrected chi connectivity index (χ0v) is 18.7. The molecule has 0 unspecified atom stereocenters. The van der Waals surface area contributed by atoms with Crippen molar-refractivity contribution in [3.63, 3.8) is 0 Å². The summed E-state index contributed by atoms with van der Waals surface area (Å²) in [5.74, 6) is 2.21. The molecule has 0 bridgehead atoms. The number of benzene rings is 1. The van der Waals surface area contributed by atoms with E-state index in [2.05, 4.69) is 29.0 Å². The number of anilines is 1. The Hall–Kier alpha value is -2.47. The van der Waals surface area contributed by atoms with Crippen molar-refractivity contribution in [1.82, 2.24) is 10.3 Å².